The van der Waals surface area contributed by atoms with E-state index in [1.54, 1.807) is 12.3 Å². The molecule has 0 aliphatic rings. The van der Waals surface area contributed by atoms with Gasteiger partial charge in [0.1, 0.15) is 12.4 Å². The number of aromatic nitrogens is 3. The van der Waals surface area contributed by atoms with Gasteiger partial charge in [-0.3, -0.25) is 0 Å². The van der Waals surface area contributed by atoms with Crippen LogP contribution in [0, 0.1) is 0 Å². The first-order valence-electron chi connectivity index (χ1n) is 6.14. The normalized spacial score (nSPS) is 10.4. The van der Waals surface area contributed by atoms with Crippen LogP contribution >= 0.6 is 0 Å². The first kappa shape index (κ1) is 13.1. The molecule has 0 spiro atoms. The second kappa shape index (κ2) is 6.03. The number of anilines is 2. The smallest absolute Gasteiger partial charge is 0.323 e. The predicted molar refractivity (Wildman–Crippen MR) is 70.8 cm³/mol. The molecule has 0 radical (unpaired) electrons. The summed E-state index contributed by atoms with van der Waals surface area (Å²) >= 11 is 0. The number of rotatable bonds is 6. The fourth-order valence-electron chi connectivity index (χ4n) is 1.60. The molecule has 2 aromatic rings. The molecule has 0 aliphatic heterocycles. The van der Waals surface area contributed by atoms with Gasteiger partial charge in [-0.15, -0.1) is 0 Å². The van der Waals surface area contributed by atoms with Crippen molar-refractivity contribution >= 4 is 11.9 Å². The van der Waals surface area contributed by atoms with Gasteiger partial charge in [-0.25, -0.2) is 0 Å². The number of furan rings is 1. The highest BCUT2D eigenvalue weighted by Gasteiger charge is 2.10. The molecule has 0 aromatic carbocycles. The molecule has 2 rings (SSSR count). The van der Waals surface area contributed by atoms with E-state index in [-0.39, 0.29) is 18.6 Å². The Morgan fingerprint density at radius 2 is 2.05 bits per heavy atom. The van der Waals surface area contributed by atoms with Crippen LogP contribution in [0.5, 0.6) is 6.01 Å². The summed E-state index contributed by atoms with van der Waals surface area (Å²) in [6.07, 6.45) is 1.59. The number of nitrogens with two attached hydrogens (primary N) is 1. The van der Waals surface area contributed by atoms with Crippen molar-refractivity contribution in [1.29, 1.82) is 0 Å². The lowest BCUT2D eigenvalue weighted by Crippen LogP contribution is -2.25. The van der Waals surface area contributed by atoms with E-state index in [9.17, 15) is 0 Å². The van der Waals surface area contributed by atoms with Crippen LogP contribution < -0.4 is 15.4 Å². The van der Waals surface area contributed by atoms with Crippen LogP contribution in [0.25, 0.3) is 0 Å². The third kappa shape index (κ3) is 3.34. The molecular formula is C12H17N5O2. The molecule has 0 unspecified atom stereocenters. The molecule has 0 bridgehead atoms. The van der Waals surface area contributed by atoms with E-state index in [1.807, 2.05) is 24.8 Å². The van der Waals surface area contributed by atoms with Gasteiger partial charge in [-0.2, -0.15) is 15.0 Å². The van der Waals surface area contributed by atoms with Crippen LogP contribution in [0.2, 0.25) is 0 Å². The zero-order chi connectivity index (χ0) is 13.7. The molecular weight excluding hydrogens is 246 g/mol. The quantitative estimate of drug-likeness (QED) is 0.843. The highest BCUT2D eigenvalue weighted by Crippen LogP contribution is 2.14. The summed E-state index contributed by atoms with van der Waals surface area (Å²) in [7, 11) is 0. The number of ether oxygens (including phenoxy) is 1. The lowest BCUT2D eigenvalue weighted by Gasteiger charge is -2.18. The highest BCUT2D eigenvalue weighted by molar-refractivity contribution is 5.35. The molecule has 0 saturated carbocycles. The minimum atomic E-state index is 0.145. The molecule has 7 heteroatoms. The Kier molecular flexibility index (Phi) is 4.17. The Bertz CT molecular complexity index is 511. The van der Waals surface area contributed by atoms with Gasteiger partial charge >= 0.3 is 6.01 Å². The van der Waals surface area contributed by atoms with Crippen molar-refractivity contribution in [1.82, 2.24) is 15.0 Å². The largest absolute Gasteiger partial charge is 0.466 e. The zero-order valence-corrected chi connectivity index (χ0v) is 11.0. The number of hydrogen-bond donors (Lipinski definition) is 1. The molecule has 7 nitrogen and oxygen atoms in total. The van der Waals surface area contributed by atoms with Gasteiger partial charge in [0, 0.05) is 13.1 Å². The molecule has 0 saturated heterocycles. The Balaban J connectivity index is 2.12. The van der Waals surface area contributed by atoms with Crippen LogP contribution in [0.3, 0.4) is 0 Å². The van der Waals surface area contributed by atoms with Gasteiger partial charge in [-0.05, 0) is 26.0 Å². The van der Waals surface area contributed by atoms with Gasteiger partial charge in [0.05, 0.1) is 6.26 Å². The first-order valence-corrected chi connectivity index (χ1v) is 6.14. The average Bonchev–Trinajstić information content (AvgIpc) is 2.90. The van der Waals surface area contributed by atoms with E-state index in [0.29, 0.717) is 11.7 Å². The standard InChI is InChI=1S/C12H17N5O2/c1-3-17(4-2)11-14-10(13)15-12(16-11)19-8-9-6-5-7-18-9/h5-7H,3-4,8H2,1-2H3,(H2,13,14,15,16). The van der Waals surface area contributed by atoms with E-state index < -0.39 is 0 Å². The van der Waals surface area contributed by atoms with E-state index in [2.05, 4.69) is 15.0 Å². The number of hydrogen-bond acceptors (Lipinski definition) is 7. The minimum absolute atomic E-state index is 0.145. The average molecular weight is 263 g/mol. The topological polar surface area (TPSA) is 90.3 Å². The van der Waals surface area contributed by atoms with Crippen molar-refractivity contribution in [3.8, 4) is 6.01 Å². The van der Waals surface area contributed by atoms with Crippen molar-refractivity contribution in [2.24, 2.45) is 0 Å². The van der Waals surface area contributed by atoms with Crippen molar-refractivity contribution in [2.75, 3.05) is 23.7 Å². The Morgan fingerprint density at radius 1 is 1.26 bits per heavy atom. The van der Waals surface area contributed by atoms with E-state index >= 15 is 0 Å². The maximum absolute atomic E-state index is 5.66. The Morgan fingerprint density at radius 3 is 2.68 bits per heavy atom. The molecule has 102 valence electrons. The highest BCUT2D eigenvalue weighted by atomic mass is 16.5. The van der Waals surface area contributed by atoms with Crippen molar-refractivity contribution in [3.05, 3.63) is 24.2 Å². The summed E-state index contributed by atoms with van der Waals surface area (Å²) in [5, 5.41) is 0. The van der Waals surface area contributed by atoms with Gasteiger partial charge in [-0.1, -0.05) is 0 Å². The lowest BCUT2D eigenvalue weighted by molar-refractivity contribution is 0.250. The maximum atomic E-state index is 5.66. The van der Waals surface area contributed by atoms with Crippen molar-refractivity contribution < 1.29 is 9.15 Å². The summed E-state index contributed by atoms with van der Waals surface area (Å²) in [5.74, 6) is 1.36. The summed E-state index contributed by atoms with van der Waals surface area (Å²) in [5.41, 5.74) is 5.66. The zero-order valence-electron chi connectivity index (χ0n) is 11.0. The summed E-state index contributed by atoms with van der Waals surface area (Å²) in [4.78, 5) is 14.3. The third-order valence-electron chi connectivity index (χ3n) is 2.59. The van der Waals surface area contributed by atoms with Gasteiger partial charge < -0.3 is 19.8 Å². The van der Waals surface area contributed by atoms with Crippen LogP contribution in [0.1, 0.15) is 19.6 Å². The molecule has 19 heavy (non-hydrogen) atoms. The summed E-state index contributed by atoms with van der Waals surface area (Å²) < 4.78 is 10.6. The summed E-state index contributed by atoms with van der Waals surface area (Å²) in [6.45, 7) is 5.88. The van der Waals surface area contributed by atoms with Crippen molar-refractivity contribution in [2.45, 2.75) is 20.5 Å². The molecule has 0 atom stereocenters. The van der Waals surface area contributed by atoms with Crippen LogP contribution in [0.4, 0.5) is 11.9 Å². The molecule has 0 amide bonds. The lowest BCUT2D eigenvalue weighted by atomic mass is 10.5. The first-order chi connectivity index (χ1) is 9.22. The van der Waals surface area contributed by atoms with Crippen LogP contribution in [-0.2, 0) is 6.61 Å². The minimum Gasteiger partial charge on any atom is -0.466 e. The van der Waals surface area contributed by atoms with Gasteiger partial charge in [0.25, 0.3) is 0 Å². The second-order valence-corrected chi connectivity index (χ2v) is 3.82. The predicted octanol–water partition coefficient (Wildman–Crippen LogP) is 1.47. The van der Waals surface area contributed by atoms with Crippen LogP contribution in [-0.4, -0.2) is 28.0 Å². The van der Waals surface area contributed by atoms with E-state index in [1.165, 1.54) is 0 Å². The fourth-order valence-corrected chi connectivity index (χ4v) is 1.60. The number of nitrogen functional groups attached to an aromatic ring is 1. The van der Waals surface area contributed by atoms with Crippen molar-refractivity contribution in [3.63, 3.8) is 0 Å². The molecule has 2 heterocycles. The number of nitrogens with zero attached hydrogens (tertiary/aromatic N) is 4. The fraction of sp³-hybridized carbons (Fsp3) is 0.417. The Hall–Kier alpha value is -2.31. The molecule has 2 N–H and O–H groups in total. The van der Waals surface area contributed by atoms with E-state index in [0.717, 1.165) is 13.1 Å². The monoisotopic (exact) mass is 263 g/mol. The molecule has 0 aliphatic carbocycles. The molecule has 2 aromatic heterocycles. The summed E-state index contributed by atoms with van der Waals surface area (Å²) in [6, 6.07) is 3.81. The third-order valence-corrected chi connectivity index (χ3v) is 2.59. The van der Waals surface area contributed by atoms with Gasteiger partial charge in [0.15, 0.2) is 0 Å². The van der Waals surface area contributed by atoms with E-state index in [4.69, 9.17) is 14.9 Å². The Labute approximate surface area is 111 Å². The SMILES string of the molecule is CCN(CC)c1nc(N)nc(OCc2ccco2)n1. The van der Waals surface area contributed by atoms with Crippen LogP contribution in [0.15, 0.2) is 22.8 Å². The second-order valence-electron chi connectivity index (χ2n) is 3.82. The van der Waals surface area contributed by atoms with Gasteiger partial charge in [0.2, 0.25) is 11.9 Å². The molecule has 0 fully saturated rings. The maximum Gasteiger partial charge on any atom is 0.323 e.